The van der Waals surface area contributed by atoms with Crippen LogP contribution in [0.5, 0.6) is 0 Å². The number of carbonyl (C=O) groups excluding carboxylic acids is 3. The van der Waals surface area contributed by atoms with Crippen LogP contribution in [-0.2, 0) is 20.8 Å². The van der Waals surface area contributed by atoms with Crippen molar-refractivity contribution in [3.63, 3.8) is 0 Å². The highest BCUT2D eigenvalue weighted by Crippen LogP contribution is 2.38. The van der Waals surface area contributed by atoms with Gasteiger partial charge in [-0.15, -0.1) is 0 Å². The molecule has 7 heteroatoms. The van der Waals surface area contributed by atoms with Gasteiger partial charge in [-0.2, -0.15) is 0 Å². The van der Waals surface area contributed by atoms with Crippen LogP contribution in [0.4, 0.5) is 10.8 Å². The number of likely N-dealkylation sites (tertiary alicyclic amines) is 1. The van der Waals surface area contributed by atoms with Crippen molar-refractivity contribution in [2.45, 2.75) is 45.4 Å². The number of fused-ring (bicyclic) bond motifs is 2. The average Bonchev–Trinajstić information content (AvgIpc) is 3.37. The van der Waals surface area contributed by atoms with Gasteiger partial charge < -0.3 is 0 Å². The van der Waals surface area contributed by atoms with E-state index in [-0.39, 0.29) is 42.5 Å². The van der Waals surface area contributed by atoms with Gasteiger partial charge in [0.2, 0.25) is 17.7 Å². The van der Waals surface area contributed by atoms with Crippen LogP contribution in [0.2, 0.25) is 0 Å². The first-order chi connectivity index (χ1) is 16.1. The van der Waals surface area contributed by atoms with Gasteiger partial charge in [0.1, 0.15) is 0 Å². The van der Waals surface area contributed by atoms with Crippen LogP contribution in [0, 0.1) is 11.8 Å². The number of carbonyl (C=O) groups is 3. The van der Waals surface area contributed by atoms with Crippen molar-refractivity contribution in [3.05, 3.63) is 54.1 Å². The number of benzene rings is 2. The van der Waals surface area contributed by atoms with Crippen molar-refractivity contribution < 1.29 is 14.4 Å². The van der Waals surface area contributed by atoms with E-state index in [1.807, 2.05) is 48.5 Å². The Morgan fingerprint density at radius 3 is 2.33 bits per heavy atom. The Labute approximate surface area is 197 Å². The maximum atomic E-state index is 13.5. The molecule has 33 heavy (non-hydrogen) atoms. The number of thiazole rings is 1. The zero-order chi connectivity index (χ0) is 22.9. The van der Waals surface area contributed by atoms with Crippen LogP contribution in [-0.4, -0.2) is 34.2 Å². The fourth-order valence-corrected chi connectivity index (χ4v) is 5.97. The van der Waals surface area contributed by atoms with E-state index in [9.17, 15) is 14.4 Å². The Morgan fingerprint density at radius 2 is 1.70 bits per heavy atom. The molecule has 1 saturated heterocycles. The summed E-state index contributed by atoms with van der Waals surface area (Å²) in [5.74, 6) is -0.756. The molecule has 2 atom stereocenters. The van der Waals surface area contributed by atoms with E-state index in [2.05, 4.69) is 6.92 Å². The van der Waals surface area contributed by atoms with Crippen molar-refractivity contribution in [2.24, 2.45) is 11.8 Å². The molecule has 2 unspecified atom stereocenters. The Kier molecular flexibility index (Phi) is 5.98. The van der Waals surface area contributed by atoms with Gasteiger partial charge in [0.25, 0.3) is 0 Å². The highest BCUT2D eigenvalue weighted by Gasteiger charge is 2.48. The number of anilines is 2. The lowest BCUT2D eigenvalue weighted by molar-refractivity contribution is -0.140. The zero-order valence-corrected chi connectivity index (χ0v) is 19.5. The highest BCUT2D eigenvalue weighted by molar-refractivity contribution is 7.22. The number of hydrogen-bond acceptors (Lipinski definition) is 5. The Balaban J connectivity index is 1.40. The van der Waals surface area contributed by atoms with Gasteiger partial charge in [-0.1, -0.05) is 55.4 Å². The van der Waals surface area contributed by atoms with Crippen LogP contribution in [0.3, 0.4) is 0 Å². The minimum Gasteiger partial charge on any atom is -0.282 e. The summed E-state index contributed by atoms with van der Waals surface area (Å²) in [4.78, 5) is 46.8. The number of rotatable bonds is 6. The van der Waals surface area contributed by atoms with Crippen molar-refractivity contribution >= 4 is 50.1 Å². The second-order valence-corrected chi connectivity index (χ2v) is 9.80. The first-order valence-corrected chi connectivity index (χ1v) is 12.5. The van der Waals surface area contributed by atoms with E-state index in [1.54, 1.807) is 4.90 Å². The number of aromatic nitrogens is 1. The van der Waals surface area contributed by atoms with Gasteiger partial charge in [0, 0.05) is 13.0 Å². The highest BCUT2D eigenvalue weighted by atomic mass is 32.1. The molecule has 1 aliphatic heterocycles. The molecule has 5 rings (SSSR count). The van der Waals surface area contributed by atoms with Crippen molar-refractivity contribution in [2.75, 3.05) is 11.4 Å². The lowest BCUT2D eigenvalue weighted by Crippen LogP contribution is -2.36. The summed E-state index contributed by atoms with van der Waals surface area (Å²) in [6, 6.07) is 15.7. The fourth-order valence-electron chi connectivity index (χ4n) is 4.97. The molecule has 1 saturated carbocycles. The normalized spacial score (nSPS) is 20.3. The molecule has 170 valence electrons. The molecule has 2 heterocycles. The summed E-state index contributed by atoms with van der Waals surface area (Å²) in [6.07, 6.45) is 4.53. The molecule has 1 aromatic heterocycles. The third-order valence-electron chi connectivity index (χ3n) is 6.81. The minimum absolute atomic E-state index is 0.0718. The second kappa shape index (κ2) is 9.06. The van der Waals surface area contributed by atoms with Gasteiger partial charge in [0.05, 0.1) is 27.7 Å². The summed E-state index contributed by atoms with van der Waals surface area (Å²) in [6.45, 7) is 2.21. The number of para-hydroxylation sites is 1. The monoisotopic (exact) mass is 461 g/mol. The zero-order valence-electron chi connectivity index (χ0n) is 18.7. The van der Waals surface area contributed by atoms with E-state index in [4.69, 9.17) is 4.98 Å². The van der Waals surface area contributed by atoms with Crippen molar-refractivity contribution in [1.82, 2.24) is 9.88 Å². The van der Waals surface area contributed by atoms with Crippen molar-refractivity contribution in [1.29, 1.82) is 0 Å². The van der Waals surface area contributed by atoms with E-state index in [0.717, 1.165) is 48.0 Å². The van der Waals surface area contributed by atoms with Crippen LogP contribution < -0.4 is 4.90 Å². The molecule has 2 fully saturated rings. The maximum Gasteiger partial charge on any atom is 0.235 e. The van der Waals surface area contributed by atoms with Crippen LogP contribution >= 0.6 is 11.3 Å². The number of hydrogen-bond donors (Lipinski definition) is 0. The van der Waals surface area contributed by atoms with E-state index < -0.39 is 0 Å². The minimum atomic E-state index is -0.191. The average molecular weight is 462 g/mol. The van der Waals surface area contributed by atoms with E-state index >= 15 is 0 Å². The van der Waals surface area contributed by atoms with Gasteiger partial charge in [0.15, 0.2) is 5.13 Å². The fraction of sp³-hybridized carbons (Fsp3) is 0.385. The van der Waals surface area contributed by atoms with Gasteiger partial charge >= 0.3 is 0 Å². The van der Waals surface area contributed by atoms with Crippen LogP contribution in [0.1, 0.15) is 44.6 Å². The Bertz CT molecular complexity index is 1150. The molecule has 0 spiro atoms. The largest absolute Gasteiger partial charge is 0.282 e. The molecular formula is C26H27N3O3S. The third-order valence-corrected chi connectivity index (χ3v) is 7.83. The Hall–Kier alpha value is -3.06. The third kappa shape index (κ3) is 4.06. The Morgan fingerprint density at radius 1 is 1.03 bits per heavy atom. The summed E-state index contributed by atoms with van der Waals surface area (Å²) >= 11 is 1.46. The molecule has 2 aliphatic rings. The molecule has 3 aromatic rings. The smallest absolute Gasteiger partial charge is 0.235 e. The molecule has 1 aliphatic carbocycles. The molecule has 3 amide bonds. The number of aryl methyl sites for hydroxylation is 1. The van der Waals surface area contributed by atoms with Crippen LogP contribution in [0.25, 0.3) is 10.2 Å². The summed E-state index contributed by atoms with van der Waals surface area (Å²) in [7, 11) is 0. The van der Waals surface area contributed by atoms with E-state index in [0.29, 0.717) is 5.13 Å². The summed E-state index contributed by atoms with van der Waals surface area (Å²) < 4.78 is 1.00. The van der Waals surface area contributed by atoms with Gasteiger partial charge in [-0.3, -0.25) is 24.2 Å². The number of amides is 3. The standard InChI is InChI=1S/C26H27N3O3S/c1-2-17-11-13-18(14-12-17)29(26-27-21-9-5-6-10-22(21)33-26)23(30)15-16-28-24(31)19-7-3-4-8-20(19)25(28)32/h5-6,9-14,19-20H,2-4,7-8,15-16H2,1H3. The van der Waals surface area contributed by atoms with Gasteiger partial charge in [-0.25, -0.2) is 4.98 Å². The first-order valence-electron chi connectivity index (χ1n) is 11.7. The topological polar surface area (TPSA) is 70.6 Å². The molecule has 0 bridgehead atoms. The SMILES string of the molecule is CCc1ccc(N(C(=O)CCN2C(=O)C3CCCCC3C2=O)c2nc3ccccc3s2)cc1. The van der Waals surface area contributed by atoms with Crippen molar-refractivity contribution in [3.8, 4) is 0 Å². The predicted octanol–water partition coefficient (Wildman–Crippen LogP) is 5.09. The lowest BCUT2D eigenvalue weighted by atomic mass is 9.81. The molecule has 0 N–H and O–H groups in total. The predicted molar refractivity (Wildman–Crippen MR) is 129 cm³/mol. The number of imide groups is 1. The quantitative estimate of drug-likeness (QED) is 0.480. The second-order valence-electron chi connectivity index (χ2n) is 8.79. The molecule has 2 aromatic carbocycles. The lowest BCUT2D eigenvalue weighted by Gasteiger charge is -2.22. The molecular weight excluding hydrogens is 434 g/mol. The van der Waals surface area contributed by atoms with Crippen LogP contribution in [0.15, 0.2) is 48.5 Å². The summed E-state index contributed by atoms with van der Waals surface area (Å²) in [5.41, 5.74) is 2.77. The maximum absolute atomic E-state index is 13.5. The first kappa shape index (κ1) is 21.8. The molecule has 0 radical (unpaired) electrons. The van der Waals surface area contributed by atoms with E-state index in [1.165, 1.54) is 21.8 Å². The summed E-state index contributed by atoms with van der Waals surface area (Å²) in [5, 5.41) is 0.596. The van der Waals surface area contributed by atoms with Gasteiger partial charge in [-0.05, 0) is 49.1 Å². The molecule has 6 nitrogen and oxygen atoms in total. The number of nitrogens with zero attached hydrogens (tertiary/aromatic N) is 3.